The van der Waals surface area contributed by atoms with E-state index in [1.54, 1.807) is 33.1 Å². The van der Waals surface area contributed by atoms with Crippen LogP contribution in [0.3, 0.4) is 0 Å². The number of nitrogens with two attached hydrogens (primary N) is 1. The van der Waals surface area contributed by atoms with Gasteiger partial charge >= 0.3 is 0 Å². The Bertz CT molecular complexity index is 527. The van der Waals surface area contributed by atoms with E-state index in [-0.39, 0.29) is 5.91 Å². The first kappa shape index (κ1) is 18.3. The average Bonchev–Trinajstić information content (AvgIpc) is 2.47. The van der Waals surface area contributed by atoms with Gasteiger partial charge in [-0.2, -0.15) is 0 Å². The van der Waals surface area contributed by atoms with Crippen molar-refractivity contribution in [1.29, 1.82) is 0 Å². The highest BCUT2D eigenvalue weighted by atomic mass is 16.5. The number of aryl methyl sites for hydroxylation is 1. The number of ether oxygens (including phenoxy) is 2. The minimum atomic E-state index is -0.825. The molecule has 0 aliphatic rings. The van der Waals surface area contributed by atoms with Gasteiger partial charge in [-0.15, -0.1) is 0 Å². The molecule has 1 atom stereocenters. The molecule has 1 amide bonds. The largest absolute Gasteiger partial charge is 0.493 e. The topological polar surface area (TPSA) is 64.8 Å². The highest BCUT2D eigenvalue weighted by Crippen LogP contribution is 2.31. The molecule has 5 heteroatoms. The molecule has 0 radical (unpaired) electrons. The second kappa shape index (κ2) is 7.49. The molecule has 0 aliphatic carbocycles. The third kappa shape index (κ3) is 4.13. The number of nitrogens with zero attached hydrogens (tertiary/aromatic N) is 1. The Hall–Kier alpha value is -1.75. The van der Waals surface area contributed by atoms with Crippen LogP contribution in [-0.4, -0.2) is 37.6 Å². The van der Waals surface area contributed by atoms with Crippen LogP contribution in [0.1, 0.15) is 37.8 Å². The van der Waals surface area contributed by atoms with E-state index in [0.29, 0.717) is 24.5 Å². The lowest BCUT2D eigenvalue weighted by Gasteiger charge is -2.29. The minimum absolute atomic E-state index is 0.0523. The molecular weight excluding hydrogens is 280 g/mol. The van der Waals surface area contributed by atoms with E-state index in [4.69, 9.17) is 15.2 Å². The summed E-state index contributed by atoms with van der Waals surface area (Å²) in [5.74, 6) is 1.30. The van der Waals surface area contributed by atoms with E-state index in [9.17, 15) is 4.79 Å². The molecule has 1 aromatic carbocycles. The van der Waals surface area contributed by atoms with Gasteiger partial charge in [-0.3, -0.25) is 4.79 Å². The molecule has 1 rings (SSSR count). The number of rotatable bonds is 7. The summed E-state index contributed by atoms with van der Waals surface area (Å²) in [5, 5.41) is 0. The molecule has 5 nitrogen and oxygen atoms in total. The summed E-state index contributed by atoms with van der Waals surface area (Å²) >= 11 is 0. The van der Waals surface area contributed by atoms with E-state index in [2.05, 4.69) is 0 Å². The summed E-state index contributed by atoms with van der Waals surface area (Å²) in [6.45, 7) is 6.29. The van der Waals surface area contributed by atoms with E-state index >= 15 is 0 Å². The molecule has 22 heavy (non-hydrogen) atoms. The smallest absolute Gasteiger partial charge is 0.242 e. The van der Waals surface area contributed by atoms with E-state index in [1.165, 1.54) is 0 Å². The van der Waals surface area contributed by atoms with Crippen molar-refractivity contribution in [2.45, 2.75) is 45.7 Å². The van der Waals surface area contributed by atoms with E-state index < -0.39 is 5.54 Å². The molecule has 0 aliphatic heterocycles. The molecule has 0 aromatic heterocycles. The second-order valence-corrected chi connectivity index (χ2v) is 5.96. The molecule has 124 valence electrons. The third-order valence-corrected chi connectivity index (χ3v) is 3.85. The second-order valence-electron chi connectivity index (χ2n) is 5.96. The first-order valence-corrected chi connectivity index (χ1v) is 7.52. The zero-order chi connectivity index (χ0) is 16.9. The molecule has 0 saturated carbocycles. The van der Waals surface area contributed by atoms with Gasteiger partial charge in [-0.1, -0.05) is 13.3 Å². The van der Waals surface area contributed by atoms with Crippen molar-refractivity contribution in [2.24, 2.45) is 5.73 Å². The Balaban J connectivity index is 2.97. The maximum atomic E-state index is 12.5. The zero-order valence-corrected chi connectivity index (χ0v) is 14.5. The SMILES string of the molecule is CCCC(C)(N)C(=O)N(C)Cc1cc(OC)c(OC)cc1C. The standard InChI is InChI=1S/C17H28N2O3/c1-7-8-17(3,18)16(20)19(4)11-13-10-15(22-6)14(21-5)9-12(13)2/h9-10H,7-8,11,18H2,1-6H3. The van der Waals surface area contributed by atoms with Gasteiger partial charge in [0.2, 0.25) is 5.91 Å². The molecule has 0 heterocycles. The van der Waals surface area contributed by atoms with Gasteiger partial charge < -0.3 is 20.1 Å². The summed E-state index contributed by atoms with van der Waals surface area (Å²) in [5.41, 5.74) is 7.37. The van der Waals surface area contributed by atoms with Crippen molar-refractivity contribution >= 4 is 5.91 Å². The molecule has 2 N–H and O–H groups in total. The van der Waals surface area contributed by atoms with Crippen molar-refractivity contribution in [3.05, 3.63) is 23.3 Å². The van der Waals surface area contributed by atoms with Crippen LogP contribution >= 0.6 is 0 Å². The van der Waals surface area contributed by atoms with Crippen LogP contribution in [0.4, 0.5) is 0 Å². The predicted molar refractivity (Wildman–Crippen MR) is 88.3 cm³/mol. The summed E-state index contributed by atoms with van der Waals surface area (Å²) < 4.78 is 10.6. The fourth-order valence-electron chi connectivity index (χ4n) is 2.58. The first-order valence-electron chi connectivity index (χ1n) is 7.52. The number of likely N-dealkylation sites (N-methyl/N-ethyl adjacent to an activating group) is 1. The zero-order valence-electron chi connectivity index (χ0n) is 14.5. The van der Waals surface area contributed by atoms with Crippen LogP contribution in [0.15, 0.2) is 12.1 Å². The van der Waals surface area contributed by atoms with Crippen LogP contribution in [-0.2, 0) is 11.3 Å². The van der Waals surface area contributed by atoms with Crippen LogP contribution in [0, 0.1) is 6.92 Å². The normalized spacial score (nSPS) is 13.4. The predicted octanol–water partition coefficient (Wildman–Crippen LogP) is 2.49. The molecule has 1 aromatic rings. The monoisotopic (exact) mass is 308 g/mol. The fourth-order valence-corrected chi connectivity index (χ4v) is 2.58. The molecule has 0 bridgehead atoms. The maximum Gasteiger partial charge on any atom is 0.242 e. The number of hydrogen-bond acceptors (Lipinski definition) is 4. The fraction of sp³-hybridized carbons (Fsp3) is 0.588. The molecule has 0 saturated heterocycles. The van der Waals surface area contributed by atoms with Gasteiger partial charge in [0, 0.05) is 13.6 Å². The van der Waals surface area contributed by atoms with Crippen molar-refractivity contribution in [1.82, 2.24) is 4.90 Å². The van der Waals surface area contributed by atoms with Gasteiger partial charge in [0.25, 0.3) is 0 Å². The number of methoxy groups -OCH3 is 2. The Labute approximate surface area is 133 Å². The first-order chi connectivity index (χ1) is 10.3. The number of carbonyl (C=O) groups is 1. The summed E-state index contributed by atoms with van der Waals surface area (Å²) in [6, 6.07) is 3.83. The summed E-state index contributed by atoms with van der Waals surface area (Å²) in [4.78, 5) is 14.2. The third-order valence-electron chi connectivity index (χ3n) is 3.85. The molecule has 0 fully saturated rings. The molecule has 1 unspecified atom stereocenters. The lowest BCUT2D eigenvalue weighted by Crippen LogP contribution is -2.51. The van der Waals surface area contributed by atoms with Crippen molar-refractivity contribution in [3.63, 3.8) is 0 Å². The van der Waals surface area contributed by atoms with Gasteiger partial charge in [0.15, 0.2) is 11.5 Å². The van der Waals surface area contributed by atoms with E-state index in [0.717, 1.165) is 17.5 Å². The molecule has 0 spiro atoms. The number of benzene rings is 1. The highest BCUT2D eigenvalue weighted by molar-refractivity contribution is 5.85. The lowest BCUT2D eigenvalue weighted by atomic mass is 9.95. The number of hydrogen-bond donors (Lipinski definition) is 1. The van der Waals surface area contributed by atoms with Gasteiger partial charge in [-0.05, 0) is 43.5 Å². The van der Waals surface area contributed by atoms with Gasteiger partial charge in [0.05, 0.1) is 19.8 Å². The van der Waals surface area contributed by atoms with Crippen LogP contribution < -0.4 is 15.2 Å². The summed E-state index contributed by atoms with van der Waals surface area (Å²) in [6.07, 6.45) is 1.54. The Morgan fingerprint density at radius 3 is 2.32 bits per heavy atom. The highest BCUT2D eigenvalue weighted by Gasteiger charge is 2.30. The van der Waals surface area contributed by atoms with Crippen LogP contribution in [0.25, 0.3) is 0 Å². The lowest BCUT2D eigenvalue weighted by molar-refractivity contribution is -0.135. The van der Waals surface area contributed by atoms with Gasteiger partial charge in [0.1, 0.15) is 0 Å². The quantitative estimate of drug-likeness (QED) is 0.840. The molecular formula is C17H28N2O3. The van der Waals surface area contributed by atoms with Crippen LogP contribution in [0.2, 0.25) is 0 Å². The Morgan fingerprint density at radius 1 is 1.27 bits per heavy atom. The van der Waals surface area contributed by atoms with Crippen molar-refractivity contribution in [2.75, 3.05) is 21.3 Å². The van der Waals surface area contributed by atoms with Gasteiger partial charge in [-0.25, -0.2) is 0 Å². The summed E-state index contributed by atoms with van der Waals surface area (Å²) in [7, 11) is 4.99. The number of carbonyl (C=O) groups excluding carboxylic acids is 1. The Kier molecular flexibility index (Phi) is 6.23. The van der Waals surface area contributed by atoms with Crippen molar-refractivity contribution < 1.29 is 14.3 Å². The number of amides is 1. The average molecular weight is 308 g/mol. The van der Waals surface area contributed by atoms with Crippen LogP contribution in [0.5, 0.6) is 11.5 Å². The van der Waals surface area contributed by atoms with E-state index in [1.807, 2.05) is 26.0 Å². The minimum Gasteiger partial charge on any atom is -0.493 e. The van der Waals surface area contributed by atoms with Crippen molar-refractivity contribution in [3.8, 4) is 11.5 Å². The maximum absolute atomic E-state index is 12.5. The Morgan fingerprint density at radius 2 is 1.82 bits per heavy atom.